The van der Waals surface area contributed by atoms with Crippen LogP contribution in [-0.4, -0.2) is 29.5 Å². The maximum Gasteiger partial charge on any atom is 0.387 e. The molecule has 122 valence electrons. The summed E-state index contributed by atoms with van der Waals surface area (Å²) >= 11 is 0. The van der Waals surface area contributed by atoms with Gasteiger partial charge in [0.25, 0.3) is 0 Å². The molecule has 0 fully saturated rings. The van der Waals surface area contributed by atoms with E-state index >= 15 is 0 Å². The van der Waals surface area contributed by atoms with Gasteiger partial charge in [0.05, 0.1) is 0 Å². The van der Waals surface area contributed by atoms with Crippen molar-refractivity contribution >= 4 is 5.91 Å². The predicted molar refractivity (Wildman–Crippen MR) is 82.1 cm³/mol. The van der Waals surface area contributed by atoms with Gasteiger partial charge in [0, 0.05) is 32.4 Å². The maximum atomic E-state index is 12.2. The normalized spacial score (nSPS) is 10.6. The Morgan fingerprint density at radius 1 is 1.22 bits per heavy atom. The minimum absolute atomic E-state index is 0.0120. The van der Waals surface area contributed by atoms with E-state index in [1.165, 1.54) is 12.1 Å². The molecule has 0 saturated carbocycles. The van der Waals surface area contributed by atoms with Crippen molar-refractivity contribution in [1.29, 1.82) is 0 Å². The topological polar surface area (TPSA) is 42.4 Å². The van der Waals surface area contributed by atoms with Gasteiger partial charge in [-0.1, -0.05) is 12.1 Å². The first-order chi connectivity index (χ1) is 11.0. The summed E-state index contributed by atoms with van der Waals surface area (Å²) in [6.45, 7) is -2.51. The monoisotopic (exact) mass is 320 g/mol. The van der Waals surface area contributed by atoms with Crippen molar-refractivity contribution in [3.63, 3.8) is 0 Å². The zero-order valence-electron chi connectivity index (χ0n) is 12.8. The fraction of sp³-hybridized carbons (Fsp3) is 0.294. The molecule has 0 radical (unpaired) electrons. The van der Waals surface area contributed by atoms with Crippen molar-refractivity contribution in [3.8, 4) is 5.75 Å². The second-order valence-corrected chi connectivity index (χ2v) is 5.13. The Balaban J connectivity index is 1.88. The van der Waals surface area contributed by atoms with Crippen molar-refractivity contribution < 1.29 is 18.3 Å². The summed E-state index contributed by atoms with van der Waals surface area (Å²) in [7, 11) is 1.69. The molecule has 23 heavy (non-hydrogen) atoms. The van der Waals surface area contributed by atoms with E-state index in [1.54, 1.807) is 36.5 Å². The standard InChI is InChI=1S/C17H18F2N2O2/c1-21(16(22)6-5-13-7-9-20-10-8-13)12-14-3-2-4-15(11-14)23-17(18)19/h2-4,7-11,17H,5-6,12H2,1H3. The molecule has 0 bridgehead atoms. The van der Waals surface area contributed by atoms with Crippen LogP contribution in [0.25, 0.3) is 0 Å². The number of amides is 1. The lowest BCUT2D eigenvalue weighted by Gasteiger charge is -2.18. The van der Waals surface area contributed by atoms with Crippen LogP contribution < -0.4 is 4.74 Å². The number of carbonyl (C=O) groups excluding carboxylic acids is 1. The zero-order chi connectivity index (χ0) is 16.7. The molecule has 0 saturated heterocycles. The molecule has 4 nitrogen and oxygen atoms in total. The van der Waals surface area contributed by atoms with E-state index in [4.69, 9.17) is 0 Å². The van der Waals surface area contributed by atoms with E-state index in [0.717, 1.165) is 11.1 Å². The average Bonchev–Trinajstić information content (AvgIpc) is 2.53. The number of aromatic nitrogens is 1. The van der Waals surface area contributed by atoms with Crippen LogP contribution in [0.15, 0.2) is 48.8 Å². The number of pyridine rings is 1. The molecule has 0 unspecified atom stereocenters. The Morgan fingerprint density at radius 2 is 1.96 bits per heavy atom. The van der Waals surface area contributed by atoms with Crippen molar-refractivity contribution in [2.24, 2.45) is 0 Å². The molecule has 1 aromatic heterocycles. The molecular weight excluding hydrogens is 302 g/mol. The van der Waals surface area contributed by atoms with Gasteiger partial charge in [-0.15, -0.1) is 0 Å². The van der Waals surface area contributed by atoms with E-state index in [0.29, 0.717) is 19.4 Å². The van der Waals surface area contributed by atoms with Crippen LogP contribution in [-0.2, 0) is 17.8 Å². The number of hydrogen-bond acceptors (Lipinski definition) is 3. The molecular formula is C17H18F2N2O2. The number of nitrogens with zero attached hydrogens (tertiary/aromatic N) is 2. The Labute approximate surface area is 133 Å². The maximum absolute atomic E-state index is 12.2. The van der Waals surface area contributed by atoms with E-state index in [1.807, 2.05) is 12.1 Å². The molecule has 6 heteroatoms. The fourth-order valence-corrected chi connectivity index (χ4v) is 2.17. The quantitative estimate of drug-likeness (QED) is 0.786. The highest BCUT2D eigenvalue weighted by molar-refractivity contribution is 5.76. The molecule has 2 aromatic rings. The number of ether oxygens (including phenoxy) is 1. The molecule has 0 spiro atoms. The summed E-state index contributed by atoms with van der Waals surface area (Å²) in [5.41, 5.74) is 1.79. The molecule has 1 aromatic carbocycles. The lowest BCUT2D eigenvalue weighted by molar-refractivity contribution is -0.130. The van der Waals surface area contributed by atoms with E-state index in [9.17, 15) is 13.6 Å². The molecule has 0 aliphatic heterocycles. The van der Waals surface area contributed by atoms with Crippen molar-refractivity contribution in [1.82, 2.24) is 9.88 Å². The predicted octanol–water partition coefficient (Wildman–Crippen LogP) is 3.27. The summed E-state index contributed by atoms with van der Waals surface area (Å²) in [6.07, 6.45) is 4.41. The van der Waals surface area contributed by atoms with E-state index < -0.39 is 6.61 Å². The van der Waals surface area contributed by atoms with Crippen LogP contribution in [0.4, 0.5) is 8.78 Å². The third kappa shape index (κ3) is 5.65. The number of alkyl halides is 2. The smallest absolute Gasteiger partial charge is 0.387 e. The lowest BCUT2D eigenvalue weighted by Crippen LogP contribution is -2.26. The summed E-state index contributed by atoms with van der Waals surface area (Å²) in [5, 5.41) is 0. The highest BCUT2D eigenvalue weighted by Gasteiger charge is 2.11. The Bertz CT molecular complexity index is 636. The molecule has 0 aliphatic carbocycles. The number of aryl methyl sites for hydroxylation is 1. The van der Waals surface area contributed by atoms with Gasteiger partial charge >= 0.3 is 6.61 Å². The van der Waals surface area contributed by atoms with Gasteiger partial charge in [-0.2, -0.15) is 8.78 Å². The first-order valence-electron chi connectivity index (χ1n) is 7.21. The highest BCUT2D eigenvalue weighted by atomic mass is 19.3. The zero-order valence-corrected chi connectivity index (χ0v) is 12.8. The summed E-state index contributed by atoms with van der Waals surface area (Å²) < 4.78 is 28.8. The van der Waals surface area contributed by atoms with Gasteiger partial charge in [0.15, 0.2) is 0 Å². The van der Waals surface area contributed by atoms with Gasteiger partial charge in [-0.3, -0.25) is 9.78 Å². The van der Waals surface area contributed by atoms with Crippen molar-refractivity contribution in [2.45, 2.75) is 26.0 Å². The second-order valence-electron chi connectivity index (χ2n) is 5.13. The molecule has 2 rings (SSSR count). The Kier molecular flexibility index (Phi) is 6.02. The van der Waals surface area contributed by atoms with Crippen LogP contribution in [0.5, 0.6) is 5.75 Å². The molecule has 1 amide bonds. The minimum atomic E-state index is -2.86. The molecule has 1 heterocycles. The second kappa shape index (κ2) is 8.22. The third-order valence-corrected chi connectivity index (χ3v) is 3.35. The minimum Gasteiger partial charge on any atom is -0.435 e. The van der Waals surface area contributed by atoms with Crippen LogP contribution in [0.1, 0.15) is 17.5 Å². The van der Waals surface area contributed by atoms with Crippen molar-refractivity contribution in [3.05, 3.63) is 59.9 Å². The van der Waals surface area contributed by atoms with Gasteiger partial charge in [-0.25, -0.2) is 0 Å². The molecule has 0 N–H and O–H groups in total. The highest BCUT2D eigenvalue weighted by Crippen LogP contribution is 2.17. The number of benzene rings is 1. The number of carbonyl (C=O) groups is 1. The fourth-order valence-electron chi connectivity index (χ4n) is 2.17. The lowest BCUT2D eigenvalue weighted by atomic mass is 10.1. The Hall–Kier alpha value is -2.50. The van der Waals surface area contributed by atoms with Gasteiger partial charge < -0.3 is 9.64 Å². The summed E-state index contributed by atoms with van der Waals surface area (Å²) in [5.74, 6) is 0.0807. The first-order valence-corrected chi connectivity index (χ1v) is 7.21. The molecule has 0 atom stereocenters. The summed E-state index contributed by atoms with van der Waals surface area (Å²) in [4.78, 5) is 17.6. The van der Waals surface area contributed by atoms with Crippen molar-refractivity contribution in [2.75, 3.05) is 7.05 Å². The largest absolute Gasteiger partial charge is 0.435 e. The van der Waals surface area contributed by atoms with E-state index in [2.05, 4.69) is 9.72 Å². The average molecular weight is 320 g/mol. The molecule has 0 aliphatic rings. The van der Waals surface area contributed by atoms with Gasteiger partial charge in [0.1, 0.15) is 5.75 Å². The van der Waals surface area contributed by atoms with E-state index in [-0.39, 0.29) is 11.7 Å². The van der Waals surface area contributed by atoms with Crippen LogP contribution in [0, 0.1) is 0 Å². The Morgan fingerprint density at radius 3 is 2.65 bits per heavy atom. The number of halogens is 2. The van der Waals surface area contributed by atoms with Gasteiger partial charge in [0.2, 0.25) is 5.91 Å². The SMILES string of the molecule is CN(Cc1cccc(OC(F)F)c1)C(=O)CCc1ccncc1. The first kappa shape index (κ1) is 16.9. The number of rotatable bonds is 7. The number of hydrogen-bond donors (Lipinski definition) is 0. The van der Waals surface area contributed by atoms with Crippen LogP contribution in [0.2, 0.25) is 0 Å². The van der Waals surface area contributed by atoms with Crippen LogP contribution in [0.3, 0.4) is 0 Å². The van der Waals surface area contributed by atoms with Crippen LogP contribution >= 0.6 is 0 Å². The third-order valence-electron chi connectivity index (χ3n) is 3.35. The summed E-state index contributed by atoms with van der Waals surface area (Å²) in [6, 6.07) is 10.1. The van der Waals surface area contributed by atoms with Gasteiger partial charge in [-0.05, 0) is 41.8 Å².